The Labute approximate surface area is 98.0 Å². The second kappa shape index (κ2) is 9.99. The lowest BCUT2D eigenvalue weighted by Crippen LogP contribution is -2.38. The standard InChI is InChI=1S/C11H25NO4/c1-10(13)8-12(9-11(2)14)4-5-16-7-6-15-3/h10-11,13-14H,4-9H2,1-3H3. The first-order valence-electron chi connectivity index (χ1n) is 5.71. The molecule has 0 aliphatic rings. The van der Waals surface area contributed by atoms with Crippen molar-refractivity contribution in [2.24, 2.45) is 0 Å². The molecule has 0 fully saturated rings. The molecule has 0 saturated carbocycles. The van der Waals surface area contributed by atoms with E-state index in [0.29, 0.717) is 39.5 Å². The summed E-state index contributed by atoms with van der Waals surface area (Å²) in [6.45, 7) is 7.04. The van der Waals surface area contributed by atoms with Crippen LogP contribution in [0.25, 0.3) is 0 Å². The maximum atomic E-state index is 9.29. The number of hydrogen-bond acceptors (Lipinski definition) is 5. The van der Waals surface area contributed by atoms with Gasteiger partial charge in [-0.3, -0.25) is 4.90 Å². The van der Waals surface area contributed by atoms with E-state index in [2.05, 4.69) is 0 Å². The Balaban J connectivity index is 3.65. The zero-order valence-corrected chi connectivity index (χ0v) is 10.6. The Morgan fingerprint density at radius 2 is 1.56 bits per heavy atom. The minimum absolute atomic E-state index is 0.391. The van der Waals surface area contributed by atoms with E-state index in [-0.39, 0.29) is 0 Å². The van der Waals surface area contributed by atoms with Gasteiger partial charge >= 0.3 is 0 Å². The average Bonchev–Trinajstić information content (AvgIpc) is 2.15. The third-order valence-electron chi connectivity index (χ3n) is 2.03. The first-order chi connectivity index (χ1) is 7.56. The molecule has 0 aromatic carbocycles. The third-order valence-corrected chi connectivity index (χ3v) is 2.03. The van der Waals surface area contributed by atoms with E-state index in [1.165, 1.54) is 0 Å². The number of nitrogens with zero attached hydrogens (tertiary/aromatic N) is 1. The maximum absolute atomic E-state index is 9.29. The molecule has 0 spiro atoms. The molecule has 0 heterocycles. The second-order valence-corrected chi connectivity index (χ2v) is 4.06. The van der Waals surface area contributed by atoms with Crippen LogP contribution in [0.3, 0.4) is 0 Å². The van der Waals surface area contributed by atoms with E-state index in [0.717, 1.165) is 0 Å². The van der Waals surface area contributed by atoms with Crippen LogP contribution in [-0.2, 0) is 9.47 Å². The zero-order valence-electron chi connectivity index (χ0n) is 10.6. The molecule has 2 atom stereocenters. The van der Waals surface area contributed by atoms with Gasteiger partial charge in [-0.05, 0) is 13.8 Å². The molecule has 0 amide bonds. The van der Waals surface area contributed by atoms with Crippen molar-refractivity contribution in [3.05, 3.63) is 0 Å². The predicted octanol–water partition coefficient (Wildman–Crippen LogP) is -0.287. The summed E-state index contributed by atoms with van der Waals surface area (Å²) in [5, 5.41) is 18.6. The Morgan fingerprint density at radius 3 is 2.00 bits per heavy atom. The smallest absolute Gasteiger partial charge is 0.0700 e. The van der Waals surface area contributed by atoms with Gasteiger partial charge in [-0.1, -0.05) is 0 Å². The average molecular weight is 235 g/mol. The molecule has 2 unspecified atom stereocenters. The number of hydrogen-bond donors (Lipinski definition) is 2. The number of rotatable bonds is 10. The van der Waals surface area contributed by atoms with Gasteiger partial charge in [0.2, 0.25) is 0 Å². The highest BCUT2D eigenvalue weighted by atomic mass is 16.5. The molecule has 0 bridgehead atoms. The fourth-order valence-electron chi connectivity index (χ4n) is 1.44. The van der Waals surface area contributed by atoms with Crippen molar-refractivity contribution in [2.45, 2.75) is 26.1 Å². The lowest BCUT2D eigenvalue weighted by molar-refractivity contribution is 0.0352. The number of ether oxygens (including phenoxy) is 2. The van der Waals surface area contributed by atoms with E-state index >= 15 is 0 Å². The summed E-state index contributed by atoms with van der Waals surface area (Å²) in [6, 6.07) is 0. The van der Waals surface area contributed by atoms with Gasteiger partial charge in [0, 0.05) is 26.7 Å². The Bertz CT molecular complexity index is 143. The van der Waals surface area contributed by atoms with Crippen molar-refractivity contribution in [1.82, 2.24) is 4.90 Å². The molecule has 0 aromatic rings. The Morgan fingerprint density at radius 1 is 1.00 bits per heavy atom. The molecule has 0 aliphatic heterocycles. The molecule has 0 aliphatic carbocycles. The van der Waals surface area contributed by atoms with Gasteiger partial charge in [0.15, 0.2) is 0 Å². The van der Waals surface area contributed by atoms with E-state index in [1.807, 2.05) is 4.90 Å². The van der Waals surface area contributed by atoms with Crippen molar-refractivity contribution in [3.8, 4) is 0 Å². The van der Waals surface area contributed by atoms with E-state index in [4.69, 9.17) is 9.47 Å². The lowest BCUT2D eigenvalue weighted by atomic mass is 10.3. The first kappa shape index (κ1) is 15.8. The van der Waals surface area contributed by atoms with Crippen molar-refractivity contribution >= 4 is 0 Å². The summed E-state index contributed by atoms with van der Waals surface area (Å²) in [4.78, 5) is 1.99. The summed E-state index contributed by atoms with van der Waals surface area (Å²) < 4.78 is 10.2. The third kappa shape index (κ3) is 10.3. The minimum atomic E-state index is -0.391. The van der Waals surface area contributed by atoms with Crippen LogP contribution < -0.4 is 0 Å². The largest absolute Gasteiger partial charge is 0.392 e. The molecule has 2 N–H and O–H groups in total. The summed E-state index contributed by atoms with van der Waals surface area (Å²) in [5.41, 5.74) is 0. The van der Waals surface area contributed by atoms with Crippen LogP contribution in [-0.4, -0.2) is 73.9 Å². The molecule has 0 saturated heterocycles. The minimum Gasteiger partial charge on any atom is -0.392 e. The fraction of sp³-hybridized carbons (Fsp3) is 1.00. The number of methoxy groups -OCH3 is 1. The van der Waals surface area contributed by atoms with E-state index in [1.54, 1.807) is 21.0 Å². The van der Waals surface area contributed by atoms with Crippen molar-refractivity contribution in [3.63, 3.8) is 0 Å². The highest BCUT2D eigenvalue weighted by Crippen LogP contribution is 1.95. The molecular formula is C11H25NO4. The molecule has 0 rings (SSSR count). The van der Waals surface area contributed by atoms with E-state index < -0.39 is 12.2 Å². The highest BCUT2D eigenvalue weighted by molar-refractivity contribution is 4.64. The fourth-order valence-corrected chi connectivity index (χ4v) is 1.44. The van der Waals surface area contributed by atoms with Gasteiger partial charge in [0.05, 0.1) is 32.0 Å². The van der Waals surface area contributed by atoms with Crippen LogP contribution in [0.15, 0.2) is 0 Å². The number of aliphatic hydroxyl groups excluding tert-OH is 2. The van der Waals surface area contributed by atoms with Crippen molar-refractivity contribution < 1.29 is 19.7 Å². The zero-order chi connectivity index (χ0) is 12.4. The highest BCUT2D eigenvalue weighted by Gasteiger charge is 2.10. The van der Waals surface area contributed by atoms with Gasteiger partial charge in [0.1, 0.15) is 0 Å². The van der Waals surface area contributed by atoms with Gasteiger partial charge in [-0.2, -0.15) is 0 Å². The summed E-state index contributed by atoms with van der Waals surface area (Å²) in [7, 11) is 1.64. The monoisotopic (exact) mass is 235 g/mol. The lowest BCUT2D eigenvalue weighted by Gasteiger charge is -2.24. The van der Waals surface area contributed by atoms with Crippen LogP contribution in [0.5, 0.6) is 0 Å². The van der Waals surface area contributed by atoms with Gasteiger partial charge in [-0.15, -0.1) is 0 Å². The summed E-state index contributed by atoms with van der Waals surface area (Å²) >= 11 is 0. The number of aliphatic hydroxyl groups is 2. The molecule has 16 heavy (non-hydrogen) atoms. The molecule has 0 aromatic heterocycles. The second-order valence-electron chi connectivity index (χ2n) is 4.06. The first-order valence-corrected chi connectivity index (χ1v) is 5.71. The molecule has 98 valence electrons. The van der Waals surface area contributed by atoms with Crippen LogP contribution >= 0.6 is 0 Å². The van der Waals surface area contributed by atoms with Crippen molar-refractivity contribution in [2.75, 3.05) is 46.6 Å². The summed E-state index contributed by atoms with van der Waals surface area (Å²) in [6.07, 6.45) is -0.782. The van der Waals surface area contributed by atoms with Crippen LogP contribution in [0.2, 0.25) is 0 Å². The Kier molecular flexibility index (Phi) is 9.86. The SMILES string of the molecule is COCCOCCN(CC(C)O)CC(C)O. The van der Waals surface area contributed by atoms with Crippen LogP contribution in [0, 0.1) is 0 Å². The quantitative estimate of drug-likeness (QED) is 0.510. The Hall–Kier alpha value is -0.200. The van der Waals surface area contributed by atoms with Gasteiger partial charge in [-0.25, -0.2) is 0 Å². The predicted molar refractivity (Wildman–Crippen MR) is 62.5 cm³/mol. The topological polar surface area (TPSA) is 62.2 Å². The van der Waals surface area contributed by atoms with Crippen LogP contribution in [0.4, 0.5) is 0 Å². The molecular weight excluding hydrogens is 210 g/mol. The van der Waals surface area contributed by atoms with E-state index in [9.17, 15) is 10.2 Å². The maximum Gasteiger partial charge on any atom is 0.0700 e. The van der Waals surface area contributed by atoms with Gasteiger partial charge in [0.25, 0.3) is 0 Å². The normalized spacial score (nSPS) is 15.4. The van der Waals surface area contributed by atoms with Gasteiger partial charge < -0.3 is 19.7 Å². The molecule has 5 nitrogen and oxygen atoms in total. The van der Waals surface area contributed by atoms with Crippen LogP contribution in [0.1, 0.15) is 13.8 Å². The molecule has 5 heteroatoms. The summed E-state index contributed by atoms with van der Waals surface area (Å²) in [5.74, 6) is 0. The molecule has 0 radical (unpaired) electrons. The van der Waals surface area contributed by atoms with Crippen molar-refractivity contribution in [1.29, 1.82) is 0 Å².